The van der Waals surface area contributed by atoms with Crippen LogP contribution < -0.4 is 0 Å². The van der Waals surface area contributed by atoms with E-state index in [0.29, 0.717) is 0 Å². The Morgan fingerprint density at radius 3 is 1.29 bits per heavy atom. The van der Waals surface area contributed by atoms with Crippen molar-refractivity contribution < 1.29 is 0 Å². The summed E-state index contributed by atoms with van der Waals surface area (Å²) in [5.41, 5.74) is 0. The van der Waals surface area contributed by atoms with Gasteiger partial charge in [-0.2, -0.15) is 0 Å². The lowest BCUT2D eigenvalue weighted by molar-refractivity contribution is 1.86. The van der Waals surface area contributed by atoms with Gasteiger partial charge in [-0.15, -0.1) is 0 Å². The van der Waals surface area contributed by atoms with Crippen LogP contribution in [0.3, 0.4) is 0 Å². The van der Waals surface area contributed by atoms with E-state index in [1.165, 1.54) is 0 Å². The maximum Gasteiger partial charge on any atom is 0.237 e. The largest absolute Gasteiger partial charge is 0.237 e. The minimum atomic E-state index is -1.11. The van der Waals surface area contributed by atoms with E-state index in [4.69, 9.17) is 44.6 Å². The van der Waals surface area contributed by atoms with Gasteiger partial charge in [0.1, 0.15) is 0 Å². The van der Waals surface area contributed by atoms with Crippen molar-refractivity contribution >= 4 is 66.5 Å². The third-order valence-electron chi connectivity index (χ3n) is 0.180. The summed E-state index contributed by atoms with van der Waals surface area (Å²) in [6, 6.07) is 0. The van der Waals surface area contributed by atoms with Crippen LogP contribution in [0.25, 0.3) is 0 Å². The van der Waals surface area contributed by atoms with Crippen LogP contribution in [0.1, 0.15) is 0 Å². The van der Waals surface area contributed by atoms with Gasteiger partial charge in [0.2, 0.25) is 3.00 Å². The number of rotatable bonds is 2. The smallest absolute Gasteiger partial charge is 0.0748 e. The van der Waals surface area contributed by atoms with Crippen LogP contribution in [0.4, 0.5) is 0 Å². The summed E-state index contributed by atoms with van der Waals surface area (Å²) in [7, 11) is 11.8. The summed E-state index contributed by atoms with van der Waals surface area (Å²) < 4.78 is -1.11. The average Bonchev–Trinajstić information content (AvgIpc) is 1.68. The van der Waals surface area contributed by atoms with Crippen molar-refractivity contribution in [3.8, 4) is 0 Å². The molecule has 0 saturated carbocycles. The molecule has 0 heterocycles. The first-order chi connectivity index (χ1) is 3.12. The van der Waals surface area contributed by atoms with Crippen LogP contribution >= 0.6 is 66.5 Å². The summed E-state index contributed by atoms with van der Waals surface area (Å²) in [6.45, 7) is 0. The fraction of sp³-hybridized carbons (Fsp3) is 1.00. The summed E-state index contributed by atoms with van der Waals surface area (Å²) in [5.74, 6) is 0. The van der Waals surface area contributed by atoms with Crippen LogP contribution in [-0.4, -0.2) is 3.00 Å². The highest BCUT2D eigenvalue weighted by molar-refractivity contribution is 8.40. The van der Waals surface area contributed by atoms with Crippen molar-refractivity contribution in [3.05, 3.63) is 0 Å². The van der Waals surface area contributed by atoms with Crippen LogP contribution in [0, 0.1) is 0 Å². The van der Waals surface area contributed by atoms with Gasteiger partial charge >= 0.3 is 0 Å². The number of halogens is 4. The third kappa shape index (κ3) is 4.37. The van der Waals surface area contributed by atoms with E-state index in [1.54, 1.807) is 0 Å². The maximum atomic E-state index is 5.33. The van der Waals surface area contributed by atoms with Gasteiger partial charge in [0.25, 0.3) is 0 Å². The lowest BCUT2D eigenvalue weighted by Crippen LogP contribution is -1.90. The molecule has 0 aromatic carbocycles. The Kier molecular flexibility index (Phi) is 4.82. The Morgan fingerprint density at radius 2 is 1.29 bits per heavy atom. The van der Waals surface area contributed by atoms with Gasteiger partial charge in [-0.1, -0.05) is 23.2 Å². The van der Waals surface area contributed by atoms with E-state index < -0.39 is 3.00 Å². The maximum absolute atomic E-state index is 5.33. The minimum Gasteiger partial charge on any atom is -0.0748 e. The quantitative estimate of drug-likeness (QED) is 0.509. The second-order valence-corrected chi connectivity index (χ2v) is 5.56. The van der Waals surface area contributed by atoms with Crippen molar-refractivity contribution in [1.82, 2.24) is 0 Å². The summed E-state index contributed by atoms with van der Waals surface area (Å²) in [4.78, 5) is 0. The molecule has 0 aliphatic carbocycles. The fourth-order valence-electron chi connectivity index (χ4n) is 0.0119. The van der Waals surface area contributed by atoms with E-state index in [2.05, 4.69) is 0 Å². The molecule has 0 rings (SSSR count). The molecule has 0 aromatic rings. The SMILES string of the molecule is ClSC(Cl)(Cl)SCl. The van der Waals surface area contributed by atoms with Crippen LogP contribution in [0.15, 0.2) is 0 Å². The molecule has 0 aliphatic rings. The van der Waals surface area contributed by atoms with E-state index in [0.717, 1.165) is 22.0 Å². The molecule has 0 fully saturated rings. The second kappa shape index (κ2) is 3.80. The lowest BCUT2D eigenvalue weighted by Gasteiger charge is -2.06. The first-order valence-electron chi connectivity index (χ1n) is 1.09. The first kappa shape index (κ1) is 8.86. The van der Waals surface area contributed by atoms with Crippen LogP contribution in [-0.2, 0) is 0 Å². The van der Waals surface area contributed by atoms with Crippen LogP contribution in [0.2, 0.25) is 0 Å². The molecule has 0 aliphatic heterocycles. The Balaban J connectivity index is 3.36. The normalized spacial score (nSPS) is 12.0. The van der Waals surface area contributed by atoms with Crippen molar-refractivity contribution in [3.63, 3.8) is 0 Å². The zero-order chi connectivity index (χ0) is 5.91. The standard InChI is InChI=1S/CCl4S2/c2-1(3,6-4)7-5. The molecule has 6 heteroatoms. The van der Waals surface area contributed by atoms with E-state index >= 15 is 0 Å². The van der Waals surface area contributed by atoms with Crippen LogP contribution in [0.5, 0.6) is 0 Å². The van der Waals surface area contributed by atoms with E-state index in [-0.39, 0.29) is 0 Å². The van der Waals surface area contributed by atoms with Crippen molar-refractivity contribution in [2.24, 2.45) is 0 Å². The number of alkyl halides is 2. The van der Waals surface area contributed by atoms with Crippen molar-refractivity contribution in [2.45, 2.75) is 3.00 Å². The van der Waals surface area contributed by atoms with Gasteiger partial charge in [-0.25, -0.2) is 0 Å². The molecule has 0 unspecified atom stereocenters. The van der Waals surface area contributed by atoms with Gasteiger partial charge in [0.05, 0.1) is 0 Å². The van der Waals surface area contributed by atoms with Gasteiger partial charge in [0, 0.05) is 0 Å². The zero-order valence-electron chi connectivity index (χ0n) is 2.83. The highest BCUT2D eigenvalue weighted by Crippen LogP contribution is 2.48. The Labute approximate surface area is 69.2 Å². The minimum absolute atomic E-state index is 0.761. The molecule has 0 N–H and O–H groups in total. The Morgan fingerprint density at radius 1 is 1.00 bits per heavy atom. The zero-order valence-corrected chi connectivity index (χ0v) is 7.49. The topological polar surface area (TPSA) is 0 Å². The van der Waals surface area contributed by atoms with Gasteiger partial charge in [-0.05, 0) is 43.3 Å². The monoisotopic (exact) mass is 216 g/mol. The molecule has 0 spiro atoms. The number of hydrogen-bond acceptors (Lipinski definition) is 2. The van der Waals surface area contributed by atoms with Gasteiger partial charge in [0.15, 0.2) is 0 Å². The highest BCUT2D eigenvalue weighted by Gasteiger charge is 2.23. The molecule has 0 saturated heterocycles. The molecular formula is CCl4S2. The lowest BCUT2D eigenvalue weighted by atomic mass is 11.8. The molecule has 0 atom stereocenters. The predicted molar refractivity (Wildman–Crippen MR) is 41.3 cm³/mol. The molecule has 0 aromatic heterocycles. The summed E-state index contributed by atoms with van der Waals surface area (Å²) in [6.07, 6.45) is 0. The van der Waals surface area contributed by atoms with Crippen molar-refractivity contribution in [1.29, 1.82) is 0 Å². The molecular weight excluding hydrogens is 218 g/mol. The van der Waals surface area contributed by atoms with Gasteiger partial charge in [-0.3, -0.25) is 0 Å². The summed E-state index contributed by atoms with van der Waals surface area (Å²) >= 11 is 10.7. The molecule has 7 heavy (non-hydrogen) atoms. The molecule has 0 nitrogen and oxygen atoms in total. The second-order valence-electron chi connectivity index (χ2n) is 0.618. The van der Waals surface area contributed by atoms with E-state index in [1.807, 2.05) is 0 Å². The Hall–Kier alpha value is 1.86. The fourth-order valence-corrected chi connectivity index (χ4v) is 0.964. The Bertz CT molecular complexity index is 47.7. The molecule has 44 valence electrons. The molecule has 0 amide bonds. The first-order valence-corrected chi connectivity index (χ1v) is 5.14. The number of hydrogen-bond donors (Lipinski definition) is 0. The highest BCUT2D eigenvalue weighted by atomic mass is 35.7. The average molecular weight is 218 g/mol. The van der Waals surface area contributed by atoms with Gasteiger partial charge < -0.3 is 0 Å². The summed E-state index contributed by atoms with van der Waals surface area (Å²) in [5, 5.41) is 0. The molecule has 0 radical (unpaired) electrons. The third-order valence-corrected chi connectivity index (χ3v) is 4.85. The van der Waals surface area contributed by atoms with E-state index in [9.17, 15) is 0 Å². The molecule has 0 bridgehead atoms. The van der Waals surface area contributed by atoms with Crippen molar-refractivity contribution in [2.75, 3.05) is 0 Å². The predicted octanol–water partition coefficient (Wildman–Crippen LogP) is 3.85.